The van der Waals surface area contributed by atoms with Crippen LogP contribution in [0.5, 0.6) is 5.88 Å². The van der Waals surface area contributed by atoms with E-state index in [1.165, 1.54) is 6.20 Å². The molecule has 1 rings (SSSR count). The zero-order valence-electron chi connectivity index (χ0n) is 13.2. The van der Waals surface area contributed by atoms with E-state index >= 15 is 0 Å². The Bertz CT molecular complexity index is 431. The fraction of sp³-hybridized carbons (Fsp3) is 0.769. The molecule has 0 spiro atoms. The summed E-state index contributed by atoms with van der Waals surface area (Å²) in [7, 11) is 0. The van der Waals surface area contributed by atoms with E-state index in [4.69, 9.17) is 4.74 Å². The first-order valence-corrected chi connectivity index (χ1v) is 7.59. The average Bonchev–Trinajstić information content (AvgIpc) is 2.84. The van der Waals surface area contributed by atoms with Crippen molar-refractivity contribution in [3.8, 4) is 5.88 Å². The van der Waals surface area contributed by atoms with Gasteiger partial charge in [0.2, 0.25) is 5.88 Å². The average molecular weight is 316 g/mol. The number of rotatable bonds is 6. The van der Waals surface area contributed by atoms with Crippen LogP contribution in [-0.2, 0) is 0 Å². The molecule has 0 aromatic carbocycles. The zero-order chi connectivity index (χ0) is 16.0. The van der Waals surface area contributed by atoms with E-state index in [9.17, 15) is 9.90 Å². The molecule has 0 bridgehead atoms. The third-order valence-electron chi connectivity index (χ3n) is 2.63. The number of amides is 2. The summed E-state index contributed by atoms with van der Waals surface area (Å²) >= 11 is 1.04. The molecule has 0 saturated heterocycles. The lowest BCUT2D eigenvalue weighted by atomic mass is 10.1. The molecule has 8 heteroatoms. The number of nitrogens with zero attached hydrogens (tertiary/aromatic N) is 3. The van der Waals surface area contributed by atoms with Gasteiger partial charge in [-0.1, -0.05) is 0 Å². The van der Waals surface area contributed by atoms with Gasteiger partial charge in [-0.2, -0.15) is 4.37 Å². The molecule has 21 heavy (non-hydrogen) atoms. The smallest absolute Gasteiger partial charge is 0.318 e. The van der Waals surface area contributed by atoms with Gasteiger partial charge in [-0.15, -0.1) is 4.37 Å². The minimum Gasteiger partial charge on any atom is -0.473 e. The number of nitrogens with one attached hydrogen (secondary N) is 1. The molecule has 0 aliphatic rings. The number of hydrogen-bond donors (Lipinski definition) is 2. The van der Waals surface area contributed by atoms with Crippen molar-refractivity contribution in [2.75, 3.05) is 13.2 Å². The van der Waals surface area contributed by atoms with Crippen molar-refractivity contribution in [3.05, 3.63) is 6.20 Å². The minimum absolute atomic E-state index is 0.0387. The summed E-state index contributed by atoms with van der Waals surface area (Å²) < 4.78 is 13.0. The normalized spacial score (nSPS) is 13.1. The Morgan fingerprint density at radius 2 is 2.19 bits per heavy atom. The second-order valence-electron chi connectivity index (χ2n) is 6.10. The van der Waals surface area contributed by atoms with Crippen LogP contribution in [0.3, 0.4) is 0 Å². The number of carbonyl (C=O) groups is 1. The molecule has 0 aliphatic carbocycles. The topological polar surface area (TPSA) is 87.6 Å². The van der Waals surface area contributed by atoms with Gasteiger partial charge in [0, 0.05) is 11.6 Å². The number of hydrogen-bond acceptors (Lipinski definition) is 6. The number of urea groups is 1. The number of aliphatic hydroxyl groups is 1. The Balaban J connectivity index is 2.57. The molecule has 2 N–H and O–H groups in total. The molecule has 2 amide bonds. The number of β-amino-alcohol motifs (C(OH)–C–C–N with tert-alkyl or cyclic N) is 1. The molecule has 0 fully saturated rings. The van der Waals surface area contributed by atoms with Crippen molar-refractivity contribution in [1.82, 2.24) is 19.0 Å². The lowest BCUT2D eigenvalue weighted by Gasteiger charge is -2.37. The highest BCUT2D eigenvalue weighted by Gasteiger charge is 2.29. The van der Waals surface area contributed by atoms with E-state index in [-0.39, 0.29) is 25.2 Å². The van der Waals surface area contributed by atoms with Crippen LogP contribution < -0.4 is 10.1 Å². The standard InChI is InChI=1S/C13H24N4O3S/c1-9(2)15-12(19)17(13(3,4)5)7-10(18)8-20-11-6-14-21-16-11/h6,9-10,18H,7-8H2,1-5H3,(H,15,19). The third kappa shape index (κ3) is 6.26. The van der Waals surface area contributed by atoms with Gasteiger partial charge in [0.05, 0.1) is 18.3 Å². The van der Waals surface area contributed by atoms with Crippen LogP contribution in [0, 0.1) is 0 Å². The van der Waals surface area contributed by atoms with Gasteiger partial charge < -0.3 is 20.1 Å². The van der Waals surface area contributed by atoms with Crippen molar-refractivity contribution < 1.29 is 14.6 Å². The second-order valence-corrected chi connectivity index (χ2v) is 6.65. The number of ether oxygens (including phenoxy) is 1. The Hall–Kier alpha value is -1.41. The predicted octanol–water partition coefficient (Wildman–Crippen LogP) is 1.50. The van der Waals surface area contributed by atoms with Gasteiger partial charge in [-0.25, -0.2) is 4.79 Å². The highest BCUT2D eigenvalue weighted by Crippen LogP contribution is 2.15. The van der Waals surface area contributed by atoms with Gasteiger partial charge >= 0.3 is 6.03 Å². The number of carbonyl (C=O) groups excluding carboxylic acids is 1. The molecule has 7 nitrogen and oxygen atoms in total. The predicted molar refractivity (Wildman–Crippen MR) is 81.5 cm³/mol. The van der Waals surface area contributed by atoms with Gasteiger partial charge in [-0.05, 0) is 34.6 Å². The first kappa shape index (κ1) is 17.6. The minimum atomic E-state index is -0.802. The number of aliphatic hydroxyl groups excluding tert-OH is 1. The third-order valence-corrected chi connectivity index (χ3v) is 3.09. The molecule has 1 atom stereocenters. The maximum atomic E-state index is 12.2. The molecule has 1 heterocycles. The Labute approximate surface area is 129 Å². The first-order valence-electron chi connectivity index (χ1n) is 6.86. The Morgan fingerprint density at radius 1 is 1.52 bits per heavy atom. The highest BCUT2D eigenvalue weighted by atomic mass is 32.1. The molecule has 1 unspecified atom stereocenters. The Morgan fingerprint density at radius 3 is 2.67 bits per heavy atom. The van der Waals surface area contributed by atoms with Crippen molar-refractivity contribution in [1.29, 1.82) is 0 Å². The zero-order valence-corrected chi connectivity index (χ0v) is 14.0. The fourth-order valence-electron chi connectivity index (χ4n) is 1.65. The lowest BCUT2D eigenvalue weighted by molar-refractivity contribution is 0.0494. The summed E-state index contributed by atoms with van der Waals surface area (Å²) in [5.41, 5.74) is -0.401. The van der Waals surface area contributed by atoms with Crippen LogP contribution in [0.4, 0.5) is 4.79 Å². The van der Waals surface area contributed by atoms with Gasteiger partial charge in [-0.3, -0.25) is 0 Å². The molecule has 0 aliphatic heterocycles. The maximum Gasteiger partial charge on any atom is 0.318 e. The van der Waals surface area contributed by atoms with Crippen LogP contribution in [0.25, 0.3) is 0 Å². The van der Waals surface area contributed by atoms with E-state index in [1.807, 2.05) is 34.6 Å². The Kier molecular flexibility index (Phi) is 6.35. The van der Waals surface area contributed by atoms with Crippen LogP contribution in [0.1, 0.15) is 34.6 Å². The highest BCUT2D eigenvalue weighted by molar-refractivity contribution is 6.99. The van der Waals surface area contributed by atoms with Crippen molar-refractivity contribution >= 4 is 17.8 Å². The molecular formula is C13H24N4O3S. The van der Waals surface area contributed by atoms with Crippen LogP contribution in [-0.4, -0.2) is 55.6 Å². The quantitative estimate of drug-likeness (QED) is 0.830. The summed E-state index contributed by atoms with van der Waals surface area (Å²) in [6, 6.07) is -0.163. The number of aromatic nitrogens is 2. The van der Waals surface area contributed by atoms with E-state index in [1.54, 1.807) is 4.90 Å². The van der Waals surface area contributed by atoms with Crippen LogP contribution in [0.15, 0.2) is 6.20 Å². The molecule has 0 saturated carbocycles. The SMILES string of the molecule is CC(C)NC(=O)N(CC(O)COc1cnsn1)C(C)(C)C. The van der Waals surface area contributed by atoms with Crippen molar-refractivity contribution in [2.45, 2.75) is 52.3 Å². The second kappa shape index (κ2) is 7.56. The van der Waals surface area contributed by atoms with Crippen LogP contribution >= 0.6 is 11.7 Å². The molecular weight excluding hydrogens is 292 g/mol. The van der Waals surface area contributed by atoms with E-state index in [0.29, 0.717) is 5.88 Å². The summed E-state index contributed by atoms with van der Waals surface area (Å²) in [4.78, 5) is 13.8. The summed E-state index contributed by atoms with van der Waals surface area (Å²) in [5.74, 6) is 0.382. The molecule has 1 aromatic heterocycles. The van der Waals surface area contributed by atoms with Gasteiger partial charge in [0.25, 0.3) is 0 Å². The monoisotopic (exact) mass is 316 g/mol. The fourth-order valence-corrected chi connectivity index (χ4v) is 2.02. The van der Waals surface area contributed by atoms with E-state index in [2.05, 4.69) is 14.1 Å². The van der Waals surface area contributed by atoms with Gasteiger partial charge in [0.15, 0.2) is 0 Å². The summed E-state index contributed by atoms with van der Waals surface area (Å²) in [6.07, 6.45) is 0.688. The van der Waals surface area contributed by atoms with Crippen LogP contribution in [0.2, 0.25) is 0 Å². The van der Waals surface area contributed by atoms with Crippen molar-refractivity contribution in [2.24, 2.45) is 0 Å². The lowest BCUT2D eigenvalue weighted by Crippen LogP contribution is -2.54. The van der Waals surface area contributed by atoms with E-state index in [0.717, 1.165) is 11.7 Å². The molecule has 1 aromatic rings. The maximum absolute atomic E-state index is 12.2. The van der Waals surface area contributed by atoms with Gasteiger partial charge in [0.1, 0.15) is 18.9 Å². The first-order chi connectivity index (χ1) is 9.70. The largest absolute Gasteiger partial charge is 0.473 e. The van der Waals surface area contributed by atoms with Crippen molar-refractivity contribution in [3.63, 3.8) is 0 Å². The summed E-state index contributed by atoms with van der Waals surface area (Å²) in [6.45, 7) is 9.80. The molecule has 120 valence electrons. The molecule has 0 radical (unpaired) electrons. The summed E-state index contributed by atoms with van der Waals surface area (Å²) in [5, 5.41) is 12.9. The van der Waals surface area contributed by atoms with E-state index < -0.39 is 11.6 Å².